The summed E-state index contributed by atoms with van der Waals surface area (Å²) < 4.78 is 16.7. The number of likely N-dealkylation sites (N-methyl/N-ethyl adjacent to an activating group) is 1. The van der Waals surface area contributed by atoms with Gasteiger partial charge in [-0.05, 0) is 62.3 Å². The smallest absolute Gasteiger partial charge is 0.344 e. The summed E-state index contributed by atoms with van der Waals surface area (Å²) in [7, 11) is 5.43. The molecule has 1 fully saturated rings. The van der Waals surface area contributed by atoms with Gasteiger partial charge in [0.2, 0.25) is 0 Å². The minimum atomic E-state index is -0.411. The molecule has 1 aliphatic heterocycles. The molecule has 5 nitrogen and oxygen atoms in total. The standard InChI is InChI=1S/C24H26ClNO4/c1-26-13-12-24(16-8-9-20(28-2)21(14-16)29-3)11-10-17(15-22(24)26)30-23(27)18-6-4-5-7-19(18)25/h4-10,14,22H,11-13,15H2,1-3H3/t22-,24-/m0/s1. The molecule has 1 heterocycles. The van der Waals surface area contributed by atoms with Crippen LogP contribution in [0.2, 0.25) is 5.02 Å². The van der Waals surface area contributed by atoms with Gasteiger partial charge in [-0.2, -0.15) is 0 Å². The summed E-state index contributed by atoms with van der Waals surface area (Å²) in [6.45, 7) is 0.985. The minimum Gasteiger partial charge on any atom is -0.493 e. The summed E-state index contributed by atoms with van der Waals surface area (Å²) in [5.74, 6) is 1.75. The molecule has 1 aliphatic carbocycles. The summed E-state index contributed by atoms with van der Waals surface area (Å²) in [5, 5.41) is 0.400. The van der Waals surface area contributed by atoms with Crippen molar-refractivity contribution < 1.29 is 19.0 Å². The van der Waals surface area contributed by atoms with Gasteiger partial charge in [-0.15, -0.1) is 0 Å². The molecule has 6 heteroatoms. The van der Waals surface area contributed by atoms with Crippen LogP contribution < -0.4 is 9.47 Å². The molecule has 0 amide bonds. The van der Waals surface area contributed by atoms with Crippen molar-refractivity contribution in [1.82, 2.24) is 4.90 Å². The van der Waals surface area contributed by atoms with Gasteiger partial charge in [-0.3, -0.25) is 0 Å². The topological polar surface area (TPSA) is 48.0 Å². The predicted octanol–water partition coefficient (Wildman–Crippen LogP) is 4.83. The first-order chi connectivity index (χ1) is 14.5. The minimum absolute atomic E-state index is 0.0470. The molecule has 2 aliphatic rings. The molecular weight excluding hydrogens is 402 g/mol. The van der Waals surface area contributed by atoms with Gasteiger partial charge in [0.15, 0.2) is 11.5 Å². The normalized spacial score (nSPS) is 23.5. The van der Waals surface area contributed by atoms with Crippen LogP contribution in [0.5, 0.6) is 11.5 Å². The van der Waals surface area contributed by atoms with Gasteiger partial charge >= 0.3 is 5.97 Å². The van der Waals surface area contributed by atoms with E-state index in [-0.39, 0.29) is 11.5 Å². The summed E-state index contributed by atoms with van der Waals surface area (Å²) in [6, 6.07) is 13.4. The van der Waals surface area contributed by atoms with Crippen molar-refractivity contribution in [2.45, 2.75) is 30.7 Å². The Hall–Kier alpha value is -2.50. The third-order valence-corrected chi connectivity index (χ3v) is 6.77. The predicted molar refractivity (Wildman–Crippen MR) is 116 cm³/mol. The van der Waals surface area contributed by atoms with Gasteiger partial charge in [0, 0.05) is 17.9 Å². The van der Waals surface area contributed by atoms with E-state index in [4.69, 9.17) is 25.8 Å². The van der Waals surface area contributed by atoms with E-state index < -0.39 is 5.97 Å². The van der Waals surface area contributed by atoms with Crippen molar-refractivity contribution in [3.8, 4) is 11.5 Å². The number of nitrogens with zero attached hydrogens (tertiary/aromatic N) is 1. The van der Waals surface area contributed by atoms with E-state index in [0.717, 1.165) is 30.9 Å². The van der Waals surface area contributed by atoms with Crippen molar-refractivity contribution in [2.24, 2.45) is 0 Å². The number of hydrogen-bond donors (Lipinski definition) is 0. The number of hydrogen-bond acceptors (Lipinski definition) is 5. The molecule has 0 spiro atoms. The summed E-state index contributed by atoms with van der Waals surface area (Å²) in [5.41, 5.74) is 1.56. The molecule has 2 aromatic carbocycles. The molecule has 30 heavy (non-hydrogen) atoms. The highest BCUT2D eigenvalue weighted by atomic mass is 35.5. The second-order valence-corrected chi connectivity index (χ2v) is 8.33. The van der Waals surface area contributed by atoms with Crippen molar-refractivity contribution in [2.75, 3.05) is 27.8 Å². The Morgan fingerprint density at radius 1 is 1.13 bits per heavy atom. The number of methoxy groups -OCH3 is 2. The van der Waals surface area contributed by atoms with E-state index in [1.165, 1.54) is 5.56 Å². The number of likely N-dealkylation sites (tertiary alicyclic amines) is 1. The summed E-state index contributed by atoms with van der Waals surface area (Å²) >= 11 is 6.15. The van der Waals surface area contributed by atoms with Crippen molar-refractivity contribution in [3.63, 3.8) is 0 Å². The van der Waals surface area contributed by atoms with Crippen LogP contribution in [0.1, 0.15) is 35.2 Å². The second kappa shape index (κ2) is 8.32. The van der Waals surface area contributed by atoms with E-state index in [9.17, 15) is 4.79 Å². The zero-order valence-electron chi connectivity index (χ0n) is 17.5. The summed E-state index contributed by atoms with van der Waals surface area (Å²) in [6.07, 6.45) is 4.55. The van der Waals surface area contributed by atoms with Crippen LogP contribution >= 0.6 is 11.6 Å². The van der Waals surface area contributed by atoms with Crippen molar-refractivity contribution >= 4 is 17.6 Å². The van der Waals surface area contributed by atoms with Crippen LogP contribution in [-0.4, -0.2) is 44.7 Å². The highest BCUT2D eigenvalue weighted by Gasteiger charge is 2.49. The van der Waals surface area contributed by atoms with Gasteiger partial charge in [0.1, 0.15) is 5.76 Å². The molecule has 2 aromatic rings. The van der Waals surface area contributed by atoms with Gasteiger partial charge in [0.25, 0.3) is 0 Å². The lowest BCUT2D eigenvalue weighted by Gasteiger charge is -2.40. The van der Waals surface area contributed by atoms with Crippen LogP contribution in [0.3, 0.4) is 0 Å². The lowest BCUT2D eigenvalue weighted by molar-refractivity contribution is 0.0580. The Balaban J connectivity index is 1.62. The Morgan fingerprint density at radius 3 is 2.63 bits per heavy atom. The maximum atomic E-state index is 12.6. The average molecular weight is 428 g/mol. The van der Waals surface area contributed by atoms with E-state index in [1.54, 1.807) is 38.5 Å². The zero-order valence-corrected chi connectivity index (χ0v) is 18.2. The van der Waals surface area contributed by atoms with E-state index in [2.05, 4.69) is 30.2 Å². The highest BCUT2D eigenvalue weighted by molar-refractivity contribution is 6.33. The molecule has 1 saturated heterocycles. The van der Waals surface area contributed by atoms with Gasteiger partial charge < -0.3 is 19.1 Å². The number of carbonyl (C=O) groups excluding carboxylic acids is 1. The Kier molecular flexibility index (Phi) is 5.76. The summed E-state index contributed by atoms with van der Waals surface area (Å²) in [4.78, 5) is 15.0. The fraction of sp³-hybridized carbons (Fsp3) is 0.375. The first-order valence-electron chi connectivity index (χ1n) is 10.1. The van der Waals surface area contributed by atoms with Gasteiger partial charge in [0.05, 0.1) is 24.8 Å². The maximum Gasteiger partial charge on any atom is 0.344 e. The SMILES string of the molecule is COc1ccc([C@@]23CC=C(OC(=O)c4ccccc4Cl)C[C@@H]2N(C)CC3)cc1OC. The number of benzene rings is 2. The third kappa shape index (κ3) is 3.57. The van der Waals surface area contributed by atoms with Crippen LogP contribution in [0, 0.1) is 0 Å². The molecule has 4 rings (SSSR count). The molecule has 0 unspecified atom stereocenters. The van der Waals surface area contributed by atoms with Crippen LogP contribution in [0.25, 0.3) is 0 Å². The molecule has 2 atom stereocenters. The Morgan fingerprint density at radius 2 is 1.90 bits per heavy atom. The maximum absolute atomic E-state index is 12.6. The van der Waals surface area contributed by atoms with Crippen LogP contribution in [-0.2, 0) is 10.2 Å². The molecular formula is C24H26ClNO4. The molecule has 0 aromatic heterocycles. The first kappa shape index (κ1) is 20.8. The average Bonchev–Trinajstić information content (AvgIpc) is 3.10. The molecule has 0 saturated carbocycles. The lowest BCUT2D eigenvalue weighted by atomic mass is 9.68. The lowest BCUT2D eigenvalue weighted by Crippen LogP contribution is -2.43. The number of rotatable bonds is 5. The third-order valence-electron chi connectivity index (χ3n) is 6.45. The molecule has 0 bridgehead atoms. The molecule has 0 radical (unpaired) electrons. The Bertz CT molecular complexity index is 989. The molecule has 158 valence electrons. The second-order valence-electron chi connectivity index (χ2n) is 7.92. The van der Waals surface area contributed by atoms with Gasteiger partial charge in [-0.1, -0.05) is 29.8 Å². The first-order valence-corrected chi connectivity index (χ1v) is 10.4. The zero-order chi connectivity index (χ0) is 21.3. The quantitative estimate of drug-likeness (QED) is 0.639. The number of fused-ring (bicyclic) bond motifs is 1. The van der Waals surface area contributed by atoms with E-state index in [0.29, 0.717) is 22.8 Å². The van der Waals surface area contributed by atoms with Crippen LogP contribution in [0.4, 0.5) is 0 Å². The Labute approximate surface area is 182 Å². The van der Waals surface area contributed by atoms with Crippen molar-refractivity contribution in [1.29, 1.82) is 0 Å². The highest BCUT2D eigenvalue weighted by Crippen LogP contribution is 2.49. The van der Waals surface area contributed by atoms with Crippen molar-refractivity contribution in [3.05, 3.63) is 70.4 Å². The largest absolute Gasteiger partial charge is 0.493 e. The van der Waals surface area contributed by atoms with Gasteiger partial charge in [-0.25, -0.2) is 4.79 Å². The number of allylic oxidation sites excluding steroid dienone is 1. The molecule has 0 N–H and O–H groups in total. The number of halogens is 1. The number of ether oxygens (including phenoxy) is 3. The monoisotopic (exact) mass is 427 g/mol. The van der Waals surface area contributed by atoms with Crippen LogP contribution in [0.15, 0.2) is 54.3 Å². The fourth-order valence-corrected chi connectivity index (χ4v) is 4.98. The fourth-order valence-electron chi connectivity index (χ4n) is 4.76. The number of carbonyl (C=O) groups is 1. The number of esters is 1. The van der Waals surface area contributed by atoms with E-state index in [1.807, 2.05) is 6.07 Å². The van der Waals surface area contributed by atoms with E-state index >= 15 is 0 Å².